The third-order valence-corrected chi connectivity index (χ3v) is 2.58. The summed E-state index contributed by atoms with van der Waals surface area (Å²) in [5.74, 6) is 4.35. The Morgan fingerprint density at radius 1 is 1.16 bits per heavy atom. The van der Waals surface area contributed by atoms with Gasteiger partial charge in [0.15, 0.2) is 6.29 Å². The van der Waals surface area contributed by atoms with E-state index in [1.807, 2.05) is 0 Å². The van der Waals surface area contributed by atoms with Gasteiger partial charge in [0, 0.05) is 0 Å². The van der Waals surface area contributed by atoms with E-state index in [9.17, 15) is 14.8 Å². The Morgan fingerprint density at radius 3 is 2.05 bits per heavy atom. The van der Waals surface area contributed by atoms with Crippen molar-refractivity contribution in [2.45, 2.75) is 30.7 Å². The van der Waals surface area contributed by atoms with Crippen LogP contribution < -0.4 is 5.90 Å². The average Bonchev–Trinajstić information content (AvgIpc) is 2.29. The summed E-state index contributed by atoms with van der Waals surface area (Å²) in [6, 6.07) is 0. The molecule has 11 nitrogen and oxygen atoms in total. The molecule has 8 N–H and O–H groups in total. The van der Waals surface area contributed by atoms with E-state index >= 15 is 0 Å². The Kier molecular flexibility index (Phi) is 8.12. The third-order valence-electron chi connectivity index (χ3n) is 2.09. The lowest BCUT2D eigenvalue weighted by Crippen LogP contribution is -2.58. The van der Waals surface area contributed by atoms with Crippen LogP contribution in [0.1, 0.15) is 0 Å². The topological polar surface area (TPSA) is 192 Å². The number of rotatable bonds is 3. The molecular formula is C7H18NO10P. The largest absolute Gasteiger partial charge is 0.469 e. The van der Waals surface area contributed by atoms with Crippen LogP contribution in [0.4, 0.5) is 0 Å². The maximum Gasteiger partial charge on any atom is 0.469 e. The molecular weight excluding hydrogens is 289 g/mol. The first-order chi connectivity index (χ1) is 8.64. The Labute approximate surface area is 108 Å². The fourth-order valence-corrected chi connectivity index (χ4v) is 1.58. The van der Waals surface area contributed by atoms with Crippen LogP contribution in [0.3, 0.4) is 0 Å². The number of hydrogen-bond acceptors (Lipinski definition) is 9. The second kappa shape index (κ2) is 8.19. The second-order valence-corrected chi connectivity index (χ2v) is 4.80. The number of nitrogens with two attached hydrogens (primary N) is 1. The van der Waals surface area contributed by atoms with Crippen molar-refractivity contribution in [3.63, 3.8) is 0 Å². The number of aliphatic hydroxyl groups is 4. The van der Waals surface area contributed by atoms with Crippen LogP contribution in [0.25, 0.3) is 0 Å². The SMILES string of the molecule is CON.O=P(O)(O)OC[C@H]1O[C@H](O)[C@H](O)[C@@H](O)[C@@H]1O. The van der Waals surface area contributed by atoms with E-state index in [-0.39, 0.29) is 0 Å². The molecule has 1 aliphatic rings. The summed E-state index contributed by atoms with van der Waals surface area (Å²) in [7, 11) is -3.33. The van der Waals surface area contributed by atoms with Gasteiger partial charge in [0.2, 0.25) is 0 Å². The molecule has 12 heteroatoms. The van der Waals surface area contributed by atoms with Gasteiger partial charge in [0.1, 0.15) is 24.4 Å². The lowest BCUT2D eigenvalue weighted by Gasteiger charge is -2.38. The summed E-state index contributed by atoms with van der Waals surface area (Å²) in [6.45, 7) is -0.730. The highest BCUT2D eigenvalue weighted by molar-refractivity contribution is 7.46. The lowest BCUT2D eigenvalue weighted by molar-refractivity contribution is -0.285. The normalized spacial score (nSPS) is 35.5. The van der Waals surface area contributed by atoms with E-state index < -0.39 is 45.1 Å². The standard InChI is InChI=1S/C6H13O9P.CH5NO/c7-3-2(1-14-16(11,12)13)15-6(10)5(9)4(3)8;1-3-2/h2-10H,1H2,(H2,11,12,13);2H2,1H3/t2-,3-,4+,5-,6+;/m1./s1. The summed E-state index contributed by atoms with van der Waals surface area (Å²) in [4.78, 5) is 20.5. The highest BCUT2D eigenvalue weighted by atomic mass is 31.2. The van der Waals surface area contributed by atoms with Crippen molar-refractivity contribution in [1.29, 1.82) is 0 Å². The van der Waals surface area contributed by atoms with Crippen LogP contribution >= 0.6 is 7.82 Å². The molecule has 1 heterocycles. The van der Waals surface area contributed by atoms with E-state index in [0.29, 0.717) is 0 Å². The first-order valence-corrected chi connectivity index (χ1v) is 6.47. The predicted molar refractivity (Wildman–Crippen MR) is 58.1 cm³/mol. The van der Waals surface area contributed by atoms with Gasteiger partial charge in [-0.25, -0.2) is 10.5 Å². The smallest absolute Gasteiger partial charge is 0.387 e. The average molecular weight is 307 g/mol. The molecule has 0 radical (unpaired) electrons. The summed E-state index contributed by atoms with van der Waals surface area (Å²) in [5.41, 5.74) is 0. The van der Waals surface area contributed by atoms with Gasteiger partial charge in [-0.15, -0.1) is 0 Å². The molecule has 0 aromatic rings. The van der Waals surface area contributed by atoms with Crippen LogP contribution in [0.2, 0.25) is 0 Å². The van der Waals surface area contributed by atoms with Gasteiger partial charge in [-0.2, -0.15) is 0 Å². The molecule has 1 fully saturated rings. The summed E-state index contributed by atoms with van der Waals surface area (Å²) < 4.78 is 19.0. The molecule has 116 valence electrons. The Hall–Kier alpha value is -0.170. The fraction of sp³-hybridized carbons (Fsp3) is 1.00. The molecule has 1 aliphatic heterocycles. The summed E-state index contributed by atoms with van der Waals surface area (Å²) in [5, 5.41) is 36.7. The Balaban J connectivity index is 0.000000982. The zero-order valence-electron chi connectivity index (χ0n) is 9.93. The number of phosphoric ester groups is 1. The van der Waals surface area contributed by atoms with Crippen molar-refractivity contribution in [1.82, 2.24) is 0 Å². The molecule has 0 unspecified atom stereocenters. The zero-order valence-corrected chi connectivity index (χ0v) is 10.8. The predicted octanol–water partition coefficient (Wildman–Crippen LogP) is -3.60. The van der Waals surface area contributed by atoms with Crippen LogP contribution in [0.5, 0.6) is 0 Å². The van der Waals surface area contributed by atoms with Gasteiger partial charge in [0.25, 0.3) is 0 Å². The quantitative estimate of drug-likeness (QED) is 0.201. The highest BCUT2D eigenvalue weighted by Crippen LogP contribution is 2.36. The second-order valence-electron chi connectivity index (χ2n) is 3.56. The first kappa shape index (κ1) is 18.8. The van der Waals surface area contributed by atoms with E-state index in [1.165, 1.54) is 7.11 Å². The van der Waals surface area contributed by atoms with Crippen molar-refractivity contribution in [2.24, 2.45) is 5.90 Å². The minimum absolute atomic E-state index is 0.730. The molecule has 0 spiro atoms. The molecule has 0 bridgehead atoms. The summed E-state index contributed by atoms with van der Waals surface area (Å²) in [6.07, 6.45) is -8.11. The molecule has 0 saturated carbocycles. The van der Waals surface area contributed by atoms with Crippen LogP contribution in [0, 0.1) is 0 Å². The summed E-state index contributed by atoms with van der Waals surface area (Å²) >= 11 is 0. The van der Waals surface area contributed by atoms with Gasteiger partial charge in [-0.05, 0) is 0 Å². The minimum atomic E-state index is -4.73. The molecule has 19 heavy (non-hydrogen) atoms. The lowest BCUT2D eigenvalue weighted by atomic mass is 10.00. The molecule has 5 atom stereocenters. The monoisotopic (exact) mass is 307 g/mol. The van der Waals surface area contributed by atoms with Crippen LogP contribution in [-0.4, -0.2) is 74.6 Å². The molecule has 0 aromatic heterocycles. The third kappa shape index (κ3) is 6.70. The Bertz CT molecular complexity index is 298. The van der Waals surface area contributed by atoms with Crippen LogP contribution in [0.15, 0.2) is 0 Å². The number of aliphatic hydroxyl groups excluding tert-OH is 4. The van der Waals surface area contributed by atoms with Crippen molar-refractivity contribution < 1.29 is 48.9 Å². The fourth-order valence-electron chi connectivity index (χ4n) is 1.24. The van der Waals surface area contributed by atoms with Gasteiger partial charge in [-0.1, -0.05) is 0 Å². The van der Waals surface area contributed by atoms with E-state index in [0.717, 1.165) is 0 Å². The minimum Gasteiger partial charge on any atom is -0.387 e. The van der Waals surface area contributed by atoms with Crippen molar-refractivity contribution in [3.05, 3.63) is 0 Å². The maximum atomic E-state index is 10.4. The Morgan fingerprint density at radius 2 is 1.63 bits per heavy atom. The van der Waals surface area contributed by atoms with Gasteiger partial charge in [-0.3, -0.25) is 4.52 Å². The van der Waals surface area contributed by atoms with Crippen molar-refractivity contribution in [3.8, 4) is 0 Å². The molecule has 0 aliphatic carbocycles. The molecule has 1 rings (SSSR count). The maximum absolute atomic E-state index is 10.4. The molecule has 0 amide bonds. The molecule has 0 aromatic carbocycles. The van der Waals surface area contributed by atoms with Gasteiger partial charge < -0.3 is 39.8 Å². The van der Waals surface area contributed by atoms with Crippen molar-refractivity contribution in [2.75, 3.05) is 13.7 Å². The van der Waals surface area contributed by atoms with Crippen molar-refractivity contribution >= 4 is 7.82 Å². The van der Waals surface area contributed by atoms with Gasteiger partial charge >= 0.3 is 7.82 Å². The highest BCUT2D eigenvalue weighted by Gasteiger charge is 2.43. The van der Waals surface area contributed by atoms with E-state index in [2.05, 4.69) is 20.0 Å². The first-order valence-electron chi connectivity index (χ1n) is 4.94. The number of ether oxygens (including phenoxy) is 1. The number of phosphoric acid groups is 1. The van der Waals surface area contributed by atoms with E-state index in [1.54, 1.807) is 0 Å². The van der Waals surface area contributed by atoms with Crippen LogP contribution in [-0.2, 0) is 18.7 Å². The molecule has 1 saturated heterocycles. The number of hydrogen-bond donors (Lipinski definition) is 7. The van der Waals surface area contributed by atoms with E-state index in [4.69, 9.17) is 20.0 Å². The van der Waals surface area contributed by atoms with Gasteiger partial charge in [0.05, 0.1) is 13.7 Å². The zero-order chi connectivity index (χ0) is 15.2.